The number of carbonyl (C=O) groups excluding carboxylic acids is 1. The standard InChI is InChI=1S/C22H27NO6S/c1-22(2,16-24)28-18-8-4-6-17(14-18)7-5-11-23-12-13-27-21-15-19(9-10-20(21)23)29-30(3,25)26/h4,6,8-10,14-16H,5,7,11-13H2,1-3H3. The van der Waals surface area contributed by atoms with Crippen molar-refractivity contribution in [3.8, 4) is 17.2 Å². The maximum absolute atomic E-state index is 11.3. The van der Waals surface area contributed by atoms with E-state index in [0.717, 1.165) is 49.7 Å². The second-order valence-electron chi connectivity index (χ2n) is 7.83. The summed E-state index contributed by atoms with van der Waals surface area (Å²) in [5.74, 6) is 1.54. The molecular formula is C22H27NO6S. The van der Waals surface area contributed by atoms with Crippen molar-refractivity contribution >= 4 is 22.1 Å². The summed E-state index contributed by atoms with van der Waals surface area (Å²) in [5.41, 5.74) is 1.21. The molecule has 0 N–H and O–H groups in total. The van der Waals surface area contributed by atoms with Crippen LogP contribution in [-0.4, -0.2) is 46.3 Å². The predicted octanol–water partition coefficient (Wildman–Crippen LogP) is 3.21. The summed E-state index contributed by atoms with van der Waals surface area (Å²) < 4.78 is 39.0. The van der Waals surface area contributed by atoms with Crippen molar-refractivity contribution in [1.29, 1.82) is 0 Å². The lowest BCUT2D eigenvalue weighted by Crippen LogP contribution is -2.33. The Morgan fingerprint density at radius 3 is 2.70 bits per heavy atom. The van der Waals surface area contributed by atoms with Crippen molar-refractivity contribution in [3.63, 3.8) is 0 Å². The number of hydrogen-bond donors (Lipinski definition) is 0. The molecule has 0 spiro atoms. The Morgan fingerprint density at radius 2 is 1.97 bits per heavy atom. The highest BCUT2D eigenvalue weighted by molar-refractivity contribution is 7.86. The van der Waals surface area contributed by atoms with Gasteiger partial charge in [-0.1, -0.05) is 12.1 Å². The monoisotopic (exact) mass is 433 g/mol. The molecule has 0 aliphatic carbocycles. The SMILES string of the molecule is CC(C)(C=O)Oc1cccc(CCCN2CCOc3cc(OS(C)(=O)=O)ccc32)c1. The fraction of sp³-hybridized carbons (Fsp3) is 0.409. The fourth-order valence-corrected chi connectivity index (χ4v) is 3.74. The first-order valence-corrected chi connectivity index (χ1v) is 11.6. The molecule has 0 amide bonds. The van der Waals surface area contributed by atoms with Crippen LogP contribution in [0.5, 0.6) is 17.2 Å². The van der Waals surface area contributed by atoms with E-state index < -0.39 is 15.7 Å². The number of rotatable bonds is 9. The first kappa shape index (κ1) is 22.0. The summed E-state index contributed by atoms with van der Waals surface area (Å²) in [4.78, 5) is 13.3. The number of fused-ring (bicyclic) bond motifs is 1. The quantitative estimate of drug-likeness (QED) is 0.444. The summed E-state index contributed by atoms with van der Waals surface area (Å²) in [6.45, 7) is 5.58. The first-order valence-electron chi connectivity index (χ1n) is 9.81. The van der Waals surface area contributed by atoms with Gasteiger partial charge in [-0.25, -0.2) is 0 Å². The Kier molecular flexibility index (Phi) is 6.55. The maximum atomic E-state index is 11.3. The van der Waals surface area contributed by atoms with E-state index in [1.165, 1.54) is 0 Å². The van der Waals surface area contributed by atoms with Gasteiger partial charge < -0.3 is 18.6 Å². The third-order valence-electron chi connectivity index (χ3n) is 4.59. The average molecular weight is 434 g/mol. The summed E-state index contributed by atoms with van der Waals surface area (Å²) in [6.07, 6.45) is 3.59. The Labute approximate surface area is 177 Å². The van der Waals surface area contributed by atoms with Gasteiger partial charge in [-0.3, -0.25) is 4.79 Å². The molecule has 0 saturated carbocycles. The van der Waals surface area contributed by atoms with Crippen LogP contribution in [0.15, 0.2) is 42.5 Å². The fourth-order valence-electron chi connectivity index (χ4n) is 3.28. The highest BCUT2D eigenvalue weighted by atomic mass is 32.2. The zero-order chi connectivity index (χ0) is 21.8. The highest BCUT2D eigenvalue weighted by Crippen LogP contribution is 2.35. The number of hydrogen-bond acceptors (Lipinski definition) is 7. The lowest BCUT2D eigenvalue weighted by molar-refractivity contribution is -0.119. The molecule has 7 nitrogen and oxygen atoms in total. The number of anilines is 1. The number of nitrogens with zero attached hydrogens (tertiary/aromatic N) is 1. The van der Waals surface area contributed by atoms with Gasteiger partial charge >= 0.3 is 10.1 Å². The average Bonchev–Trinajstić information content (AvgIpc) is 2.67. The second-order valence-corrected chi connectivity index (χ2v) is 9.40. The van der Waals surface area contributed by atoms with Gasteiger partial charge in [0.1, 0.15) is 23.9 Å². The molecule has 0 saturated heterocycles. The second kappa shape index (κ2) is 8.95. The summed E-state index contributed by atoms with van der Waals surface area (Å²) in [7, 11) is -3.58. The minimum atomic E-state index is -3.58. The van der Waals surface area contributed by atoms with Crippen molar-refractivity contribution in [3.05, 3.63) is 48.0 Å². The van der Waals surface area contributed by atoms with Crippen molar-refractivity contribution in [2.24, 2.45) is 0 Å². The van der Waals surface area contributed by atoms with E-state index in [1.807, 2.05) is 30.3 Å². The van der Waals surface area contributed by atoms with Gasteiger partial charge in [-0.2, -0.15) is 8.42 Å². The molecule has 1 aliphatic rings. The highest BCUT2D eigenvalue weighted by Gasteiger charge is 2.20. The lowest BCUT2D eigenvalue weighted by Gasteiger charge is -2.31. The Hall–Kier alpha value is -2.74. The summed E-state index contributed by atoms with van der Waals surface area (Å²) in [6, 6.07) is 12.9. The van der Waals surface area contributed by atoms with E-state index in [1.54, 1.807) is 26.0 Å². The van der Waals surface area contributed by atoms with Crippen molar-refractivity contribution in [1.82, 2.24) is 0 Å². The summed E-state index contributed by atoms with van der Waals surface area (Å²) >= 11 is 0. The van der Waals surface area contributed by atoms with Gasteiger partial charge in [0, 0.05) is 12.6 Å². The molecule has 8 heteroatoms. The molecule has 3 rings (SSSR count). The Morgan fingerprint density at radius 1 is 1.17 bits per heavy atom. The molecule has 0 atom stereocenters. The minimum absolute atomic E-state index is 0.244. The predicted molar refractivity (Wildman–Crippen MR) is 115 cm³/mol. The van der Waals surface area contributed by atoms with Gasteiger partial charge in [-0.05, 0) is 56.5 Å². The maximum Gasteiger partial charge on any atom is 0.306 e. The van der Waals surface area contributed by atoms with Crippen LogP contribution in [0.25, 0.3) is 0 Å². The van der Waals surface area contributed by atoms with Crippen LogP contribution >= 0.6 is 0 Å². The molecular weight excluding hydrogens is 406 g/mol. The number of carbonyl (C=O) groups is 1. The molecule has 0 unspecified atom stereocenters. The summed E-state index contributed by atoms with van der Waals surface area (Å²) in [5, 5.41) is 0. The van der Waals surface area contributed by atoms with E-state index in [9.17, 15) is 13.2 Å². The molecule has 0 aromatic heterocycles. The Balaban J connectivity index is 1.61. The molecule has 1 aliphatic heterocycles. The largest absolute Gasteiger partial charge is 0.489 e. The number of ether oxygens (including phenoxy) is 2. The van der Waals surface area contributed by atoms with Crippen molar-refractivity contribution in [2.45, 2.75) is 32.3 Å². The molecule has 162 valence electrons. The van der Waals surface area contributed by atoms with Crippen LogP contribution in [0.3, 0.4) is 0 Å². The number of aryl methyl sites for hydroxylation is 1. The van der Waals surface area contributed by atoms with Crippen molar-refractivity contribution in [2.75, 3.05) is 30.9 Å². The van der Waals surface area contributed by atoms with Gasteiger partial charge in [0.25, 0.3) is 0 Å². The molecule has 2 aromatic rings. The van der Waals surface area contributed by atoms with Gasteiger partial charge in [0.15, 0.2) is 11.9 Å². The van der Waals surface area contributed by atoms with Gasteiger partial charge in [0.05, 0.1) is 18.5 Å². The zero-order valence-corrected chi connectivity index (χ0v) is 18.3. The van der Waals surface area contributed by atoms with E-state index in [0.29, 0.717) is 18.1 Å². The van der Waals surface area contributed by atoms with Crippen LogP contribution in [0.1, 0.15) is 25.8 Å². The molecule has 30 heavy (non-hydrogen) atoms. The van der Waals surface area contributed by atoms with Crippen LogP contribution in [-0.2, 0) is 21.3 Å². The van der Waals surface area contributed by atoms with Crippen LogP contribution in [0.2, 0.25) is 0 Å². The van der Waals surface area contributed by atoms with Crippen LogP contribution in [0, 0.1) is 0 Å². The Bertz CT molecular complexity index is 1000. The van der Waals surface area contributed by atoms with E-state index in [2.05, 4.69) is 4.90 Å². The third-order valence-corrected chi connectivity index (χ3v) is 5.09. The van der Waals surface area contributed by atoms with E-state index in [4.69, 9.17) is 13.7 Å². The van der Waals surface area contributed by atoms with Crippen LogP contribution in [0.4, 0.5) is 5.69 Å². The van der Waals surface area contributed by atoms with Crippen molar-refractivity contribution < 1.29 is 26.9 Å². The van der Waals surface area contributed by atoms with Crippen LogP contribution < -0.4 is 18.6 Å². The minimum Gasteiger partial charge on any atom is -0.489 e. The van der Waals surface area contributed by atoms with E-state index >= 15 is 0 Å². The molecule has 0 radical (unpaired) electrons. The molecule has 0 bridgehead atoms. The smallest absolute Gasteiger partial charge is 0.306 e. The number of aldehydes is 1. The normalized spacial score (nSPS) is 13.9. The first-order chi connectivity index (χ1) is 14.1. The molecule has 2 aromatic carbocycles. The third kappa shape index (κ3) is 6.13. The lowest BCUT2D eigenvalue weighted by atomic mass is 10.1. The zero-order valence-electron chi connectivity index (χ0n) is 17.5. The number of benzene rings is 2. The molecule has 1 heterocycles. The molecule has 0 fully saturated rings. The topological polar surface area (TPSA) is 82.1 Å². The van der Waals surface area contributed by atoms with Gasteiger partial charge in [0.2, 0.25) is 0 Å². The van der Waals surface area contributed by atoms with Gasteiger partial charge in [-0.15, -0.1) is 0 Å². The van der Waals surface area contributed by atoms with E-state index in [-0.39, 0.29) is 5.75 Å².